The molecular weight excluding hydrogens is 450 g/mol. The van der Waals surface area contributed by atoms with E-state index in [1.807, 2.05) is 0 Å². The molecule has 1 saturated heterocycles. The largest absolute Gasteiger partial charge is 0.360 e. The minimum absolute atomic E-state index is 0.0305. The lowest BCUT2D eigenvalue weighted by atomic mass is 9.96. The number of anilines is 1. The summed E-state index contributed by atoms with van der Waals surface area (Å²) in [6.45, 7) is 6.25. The van der Waals surface area contributed by atoms with Gasteiger partial charge >= 0.3 is 0 Å². The van der Waals surface area contributed by atoms with Gasteiger partial charge in [0.1, 0.15) is 12.3 Å². The molecule has 11 nitrogen and oxygen atoms in total. The number of sulfonamides is 1. The van der Waals surface area contributed by atoms with Crippen LogP contribution < -0.4 is 10.9 Å². The average molecular weight is 480 g/mol. The molecule has 0 saturated carbocycles. The first-order chi connectivity index (χ1) is 15.6. The van der Waals surface area contributed by atoms with E-state index in [-0.39, 0.29) is 29.2 Å². The fourth-order valence-electron chi connectivity index (χ4n) is 3.79. The second-order valence-corrected chi connectivity index (χ2v) is 9.83. The number of carbonyl (C=O) groups is 2. The van der Waals surface area contributed by atoms with E-state index in [9.17, 15) is 22.8 Å². The minimum Gasteiger partial charge on any atom is -0.360 e. The number of rotatable bonds is 8. The number of amides is 2. The highest BCUT2D eigenvalue weighted by Crippen LogP contribution is 2.20. The Kier molecular flexibility index (Phi) is 7.69. The Morgan fingerprint density at radius 2 is 1.88 bits per heavy atom. The lowest BCUT2D eigenvalue weighted by molar-refractivity contribution is -0.135. The topological polar surface area (TPSA) is 135 Å². The van der Waals surface area contributed by atoms with Crippen molar-refractivity contribution in [2.45, 2.75) is 45.1 Å². The third-order valence-electron chi connectivity index (χ3n) is 5.70. The van der Waals surface area contributed by atoms with Gasteiger partial charge in [0, 0.05) is 50.4 Å². The predicted molar refractivity (Wildman–Crippen MR) is 120 cm³/mol. The molecule has 0 unspecified atom stereocenters. The molecule has 0 radical (unpaired) electrons. The second kappa shape index (κ2) is 10.3. The zero-order valence-corrected chi connectivity index (χ0v) is 19.8. The van der Waals surface area contributed by atoms with Crippen molar-refractivity contribution in [1.29, 1.82) is 0 Å². The molecule has 0 bridgehead atoms. The zero-order valence-electron chi connectivity index (χ0n) is 19.0. The zero-order chi connectivity index (χ0) is 24.2. The van der Waals surface area contributed by atoms with E-state index in [0.29, 0.717) is 50.6 Å². The second-order valence-electron chi connectivity index (χ2n) is 7.89. The van der Waals surface area contributed by atoms with Crippen LogP contribution in [0.25, 0.3) is 0 Å². The van der Waals surface area contributed by atoms with Crippen molar-refractivity contribution < 1.29 is 22.5 Å². The van der Waals surface area contributed by atoms with Crippen molar-refractivity contribution in [2.24, 2.45) is 5.92 Å². The highest BCUT2D eigenvalue weighted by molar-refractivity contribution is 7.89. The number of pyridine rings is 1. The molecule has 1 aliphatic heterocycles. The van der Waals surface area contributed by atoms with E-state index in [2.05, 4.69) is 10.5 Å². The maximum atomic E-state index is 12.8. The van der Waals surface area contributed by atoms with Gasteiger partial charge in [-0.2, -0.15) is 4.31 Å². The molecule has 1 aliphatic rings. The van der Waals surface area contributed by atoms with Crippen LogP contribution in [-0.2, 0) is 26.2 Å². The molecule has 0 spiro atoms. The van der Waals surface area contributed by atoms with E-state index in [0.717, 1.165) is 10.6 Å². The Labute approximate surface area is 192 Å². The highest BCUT2D eigenvalue weighted by atomic mass is 32.2. The minimum atomic E-state index is -3.75. The molecule has 1 N–H and O–H groups in total. The van der Waals surface area contributed by atoms with E-state index in [1.54, 1.807) is 31.7 Å². The van der Waals surface area contributed by atoms with Gasteiger partial charge in [-0.25, -0.2) is 8.42 Å². The number of nitrogens with zero attached hydrogens (tertiary/aromatic N) is 4. The van der Waals surface area contributed by atoms with Gasteiger partial charge in [0.15, 0.2) is 5.82 Å². The van der Waals surface area contributed by atoms with Crippen LogP contribution in [0, 0.1) is 12.8 Å². The number of carbonyl (C=O) groups excluding carboxylic acids is 2. The van der Waals surface area contributed by atoms with Crippen molar-refractivity contribution in [3.63, 3.8) is 0 Å². The number of aromatic nitrogens is 2. The van der Waals surface area contributed by atoms with Crippen molar-refractivity contribution in [1.82, 2.24) is 18.9 Å². The quantitative estimate of drug-likeness (QED) is 0.598. The summed E-state index contributed by atoms with van der Waals surface area (Å²) in [5, 5.41) is 6.45. The van der Waals surface area contributed by atoms with Gasteiger partial charge in [-0.05, 0) is 25.8 Å². The summed E-state index contributed by atoms with van der Waals surface area (Å²) in [5.74, 6) is 0.197. The van der Waals surface area contributed by atoms with Crippen LogP contribution in [0.2, 0.25) is 0 Å². The maximum absolute atomic E-state index is 12.8. The molecule has 33 heavy (non-hydrogen) atoms. The Morgan fingerprint density at radius 3 is 2.45 bits per heavy atom. The highest BCUT2D eigenvalue weighted by Gasteiger charge is 2.28. The first kappa shape index (κ1) is 24.6. The molecule has 3 heterocycles. The standard InChI is InChI=1S/C21H29N5O6S/c1-4-26(5-2)33(30,31)17-6-7-19(27)25(13-17)14-20(28)24-10-8-16(9-11-24)21(29)22-18-12-15(3)32-23-18/h6-7,12-13,16H,4-5,8-11,14H2,1-3H3,(H,22,23,29). The Morgan fingerprint density at radius 1 is 1.21 bits per heavy atom. The van der Waals surface area contributed by atoms with Crippen molar-refractivity contribution in [3.05, 3.63) is 40.5 Å². The van der Waals surface area contributed by atoms with Gasteiger partial charge in [-0.15, -0.1) is 0 Å². The molecule has 2 aromatic rings. The van der Waals surface area contributed by atoms with Crippen LogP contribution >= 0.6 is 0 Å². The van der Waals surface area contributed by atoms with Crippen LogP contribution in [0.15, 0.2) is 38.6 Å². The molecule has 3 rings (SSSR count). The van der Waals surface area contributed by atoms with Crippen LogP contribution in [0.1, 0.15) is 32.4 Å². The number of aryl methyl sites for hydroxylation is 1. The molecule has 180 valence electrons. The third-order valence-corrected chi connectivity index (χ3v) is 7.74. The summed E-state index contributed by atoms with van der Waals surface area (Å²) in [4.78, 5) is 39.0. The Bertz CT molecular complexity index is 1160. The van der Waals surface area contributed by atoms with Crippen LogP contribution in [-0.4, -0.2) is 65.3 Å². The SMILES string of the molecule is CCN(CC)S(=O)(=O)c1ccc(=O)n(CC(=O)N2CCC(C(=O)Nc3cc(C)on3)CC2)c1. The summed E-state index contributed by atoms with van der Waals surface area (Å²) in [7, 11) is -3.75. The summed E-state index contributed by atoms with van der Waals surface area (Å²) >= 11 is 0. The van der Waals surface area contributed by atoms with E-state index >= 15 is 0 Å². The van der Waals surface area contributed by atoms with Gasteiger partial charge < -0.3 is 19.3 Å². The van der Waals surface area contributed by atoms with Gasteiger partial charge in [0.2, 0.25) is 21.8 Å². The average Bonchev–Trinajstić information content (AvgIpc) is 3.20. The number of piperidine rings is 1. The number of likely N-dealkylation sites (tertiary alicyclic amines) is 1. The van der Waals surface area contributed by atoms with E-state index < -0.39 is 15.6 Å². The van der Waals surface area contributed by atoms with Gasteiger partial charge in [-0.1, -0.05) is 19.0 Å². The number of hydrogen-bond acceptors (Lipinski definition) is 7. The summed E-state index contributed by atoms with van der Waals surface area (Å²) < 4.78 is 32.8. The third kappa shape index (κ3) is 5.69. The fraction of sp³-hybridized carbons (Fsp3) is 0.524. The van der Waals surface area contributed by atoms with Gasteiger partial charge in [-0.3, -0.25) is 14.4 Å². The number of hydrogen-bond donors (Lipinski definition) is 1. The van der Waals surface area contributed by atoms with Crippen LogP contribution in [0.3, 0.4) is 0 Å². The molecule has 2 amide bonds. The van der Waals surface area contributed by atoms with Gasteiger partial charge in [0.05, 0.1) is 4.90 Å². The molecule has 1 fully saturated rings. The molecule has 12 heteroatoms. The van der Waals surface area contributed by atoms with E-state index in [4.69, 9.17) is 4.52 Å². The molecule has 2 aromatic heterocycles. The molecule has 0 atom stereocenters. The summed E-state index contributed by atoms with van der Waals surface area (Å²) in [6, 6.07) is 4.05. The predicted octanol–water partition coefficient (Wildman–Crippen LogP) is 1.05. The lowest BCUT2D eigenvalue weighted by Gasteiger charge is -2.31. The van der Waals surface area contributed by atoms with Crippen LogP contribution in [0.4, 0.5) is 5.82 Å². The molecule has 0 aliphatic carbocycles. The normalized spacial score (nSPS) is 15.1. The van der Waals surface area contributed by atoms with Crippen molar-refractivity contribution in [2.75, 3.05) is 31.5 Å². The van der Waals surface area contributed by atoms with Crippen molar-refractivity contribution in [3.8, 4) is 0 Å². The molecular formula is C21H29N5O6S. The first-order valence-corrected chi connectivity index (χ1v) is 12.3. The first-order valence-electron chi connectivity index (χ1n) is 10.9. The fourth-order valence-corrected chi connectivity index (χ4v) is 5.27. The lowest BCUT2D eigenvalue weighted by Crippen LogP contribution is -2.43. The van der Waals surface area contributed by atoms with Gasteiger partial charge in [0.25, 0.3) is 5.56 Å². The molecule has 0 aromatic carbocycles. The maximum Gasteiger partial charge on any atom is 0.251 e. The number of nitrogens with one attached hydrogen (secondary N) is 1. The monoisotopic (exact) mass is 479 g/mol. The van der Waals surface area contributed by atoms with Crippen molar-refractivity contribution >= 4 is 27.7 Å². The van der Waals surface area contributed by atoms with E-state index in [1.165, 1.54) is 16.6 Å². The summed E-state index contributed by atoms with van der Waals surface area (Å²) in [6.07, 6.45) is 2.16. The Balaban J connectivity index is 1.62. The summed E-state index contributed by atoms with van der Waals surface area (Å²) in [5.41, 5.74) is -0.459. The smallest absolute Gasteiger partial charge is 0.251 e. The van der Waals surface area contributed by atoms with Crippen LogP contribution in [0.5, 0.6) is 0 Å². The Hall–Kier alpha value is -2.99.